The van der Waals surface area contributed by atoms with Crippen LogP contribution in [0.3, 0.4) is 0 Å². The third-order valence-corrected chi connectivity index (χ3v) is 5.76. The molecule has 0 bridgehead atoms. The number of carbonyl (C=O) groups excluding carboxylic acids is 1. The monoisotopic (exact) mass is 423 g/mol. The Hall–Kier alpha value is -2.85. The standard InChI is InChI=1S/C19H24F3N7O/c1-4-13-17(30)25-15-10(2)23-18(26-16(15)28(13)3)24-12-7-11(8-12)9-29-6-5-14(27-29)19(20,21)22/h5-6,11-13H,4,7-9H2,1-3H3,(H,25,30)(H,23,24,26)/t11-,12+,13-/m0/s1. The molecule has 1 atom stereocenters. The number of anilines is 3. The first-order chi connectivity index (χ1) is 14.2. The number of hydrogen-bond donors (Lipinski definition) is 2. The minimum Gasteiger partial charge on any atom is -0.351 e. The predicted octanol–water partition coefficient (Wildman–Crippen LogP) is 3.06. The molecule has 0 unspecified atom stereocenters. The van der Waals surface area contributed by atoms with Crippen molar-refractivity contribution in [1.29, 1.82) is 0 Å². The number of nitrogens with zero attached hydrogens (tertiary/aromatic N) is 5. The number of nitrogens with one attached hydrogen (secondary N) is 2. The second kappa shape index (κ2) is 7.44. The zero-order valence-corrected chi connectivity index (χ0v) is 17.0. The van der Waals surface area contributed by atoms with Gasteiger partial charge in [0.25, 0.3) is 0 Å². The number of hydrogen-bond acceptors (Lipinski definition) is 6. The SMILES string of the molecule is CC[C@H]1C(=O)Nc2c(C)nc(N[C@H]3C[C@@H](Cn4ccc(C(F)(F)F)n4)C3)nc2N1C. The highest BCUT2D eigenvalue weighted by Crippen LogP contribution is 2.35. The molecule has 0 spiro atoms. The average Bonchev–Trinajstić information content (AvgIpc) is 3.10. The summed E-state index contributed by atoms with van der Waals surface area (Å²) in [5.41, 5.74) is 0.448. The summed E-state index contributed by atoms with van der Waals surface area (Å²) in [4.78, 5) is 23.1. The van der Waals surface area contributed by atoms with Crippen molar-refractivity contribution in [2.75, 3.05) is 22.6 Å². The maximum absolute atomic E-state index is 12.7. The molecule has 162 valence electrons. The molecule has 3 heterocycles. The van der Waals surface area contributed by atoms with E-state index in [2.05, 4.69) is 25.7 Å². The second-order valence-electron chi connectivity index (χ2n) is 7.95. The minimum atomic E-state index is -4.42. The second-order valence-corrected chi connectivity index (χ2v) is 7.95. The highest BCUT2D eigenvalue weighted by atomic mass is 19.4. The molecule has 2 N–H and O–H groups in total. The van der Waals surface area contributed by atoms with Crippen LogP contribution in [0.5, 0.6) is 0 Å². The van der Waals surface area contributed by atoms with E-state index in [0.717, 1.165) is 18.9 Å². The van der Waals surface area contributed by atoms with E-state index in [1.165, 1.54) is 10.9 Å². The normalized spacial score (nSPS) is 23.6. The number of fused-ring (bicyclic) bond motifs is 1. The van der Waals surface area contributed by atoms with E-state index in [1.54, 1.807) is 0 Å². The molecule has 2 aromatic rings. The highest BCUT2D eigenvalue weighted by Gasteiger charge is 2.36. The van der Waals surface area contributed by atoms with E-state index in [0.29, 0.717) is 36.1 Å². The molecular formula is C19H24F3N7O. The van der Waals surface area contributed by atoms with Gasteiger partial charge in [-0.2, -0.15) is 23.3 Å². The highest BCUT2D eigenvalue weighted by molar-refractivity contribution is 6.03. The van der Waals surface area contributed by atoms with Gasteiger partial charge in [0.1, 0.15) is 11.7 Å². The molecule has 0 radical (unpaired) electrons. The van der Waals surface area contributed by atoms with Crippen molar-refractivity contribution in [1.82, 2.24) is 19.7 Å². The smallest absolute Gasteiger partial charge is 0.351 e. The van der Waals surface area contributed by atoms with E-state index in [4.69, 9.17) is 0 Å². The summed E-state index contributed by atoms with van der Waals surface area (Å²) < 4.78 is 39.3. The van der Waals surface area contributed by atoms with Gasteiger partial charge in [-0.1, -0.05) is 6.92 Å². The lowest BCUT2D eigenvalue weighted by Gasteiger charge is -2.37. The van der Waals surface area contributed by atoms with E-state index in [-0.39, 0.29) is 23.9 Å². The quantitative estimate of drug-likeness (QED) is 0.769. The lowest BCUT2D eigenvalue weighted by Crippen LogP contribution is -2.46. The first kappa shape index (κ1) is 20.4. The Balaban J connectivity index is 1.38. The molecule has 0 aromatic carbocycles. The number of rotatable bonds is 5. The fraction of sp³-hybridized carbons (Fsp3) is 0.579. The van der Waals surface area contributed by atoms with E-state index in [9.17, 15) is 18.0 Å². The Morgan fingerprint density at radius 2 is 2.03 bits per heavy atom. The first-order valence-electron chi connectivity index (χ1n) is 9.95. The first-order valence-corrected chi connectivity index (χ1v) is 9.95. The van der Waals surface area contributed by atoms with Crippen LogP contribution in [-0.4, -0.2) is 44.8 Å². The number of carbonyl (C=O) groups is 1. The van der Waals surface area contributed by atoms with Crippen molar-refractivity contribution in [3.8, 4) is 0 Å². The van der Waals surface area contributed by atoms with Crippen molar-refractivity contribution in [2.24, 2.45) is 5.92 Å². The van der Waals surface area contributed by atoms with Crippen LogP contribution in [-0.2, 0) is 17.5 Å². The third kappa shape index (κ3) is 3.80. The summed E-state index contributed by atoms with van der Waals surface area (Å²) in [5, 5.41) is 9.81. The van der Waals surface area contributed by atoms with Gasteiger partial charge < -0.3 is 15.5 Å². The molecular weight excluding hydrogens is 399 g/mol. The molecule has 0 saturated heterocycles. The van der Waals surface area contributed by atoms with Crippen molar-refractivity contribution in [2.45, 2.75) is 57.9 Å². The molecule has 2 aromatic heterocycles. The van der Waals surface area contributed by atoms with Crippen LogP contribution in [0.1, 0.15) is 37.6 Å². The Kier molecular flexibility index (Phi) is 5.07. The maximum Gasteiger partial charge on any atom is 0.435 e. The molecule has 2 aliphatic rings. The van der Waals surface area contributed by atoms with E-state index in [1.807, 2.05) is 25.8 Å². The molecule has 1 amide bonds. The third-order valence-electron chi connectivity index (χ3n) is 5.76. The molecule has 1 aliphatic heterocycles. The van der Waals surface area contributed by atoms with Crippen LogP contribution in [0.2, 0.25) is 0 Å². The van der Waals surface area contributed by atoms with Crippen molar-refractivity contribution in [3.63, 3.8) is 0 Å². The van der Waals surface area contributed by atoms with Crippen molar-refractivity contribution in [3.05, 3.63) is 23.7 Å². The van der Waals surface area contributed by atoms with Gasteiger partial charge in [-0.15, -0.1) is 0 Å². The number of aromatic nitrogens is 4. The van der Waals surface area contributed by atoms with Gasteiger partial charge in [0.2, 0.25) is 11.9 Å². The van der Waals surface area contributed by atoms with Crippen molar-refractivity contribution < 1.29 is 18.0 Å². The van der Waals surface area contributed by atoms with Crippen LogP contribution >= 0.6 is 0 Å². The maximum atomic E-state index is 12.7. The molecule has 1 fully saturated rings. The van der Waals surface area contributed by atoms with Gasteiger partial charge in [-0.25, -0.2) is 4.98 Å². The number of aryl methyl sites for hydroxylation is 1. The molecule has 4 rings (SSSR count). The van der Waals surface area contributed by atoms with Gasteiger partial charge in [0, 0.05) is 25.8 Å². The number of alkyl halides is 3. The summed E-state index contributed by atoms with van der Waals surface area (Å²) >= 11 is 0. The number of amides is 1. The van der Waals surface area contributed by atoms with Gasteiger partial charge in [0.15, 0.2) is 11.5 Å². The Morgan fingerprint density at radius 3 is 2.67 bits per heavy atom. The zero-order chi connectivity index (χ0) is 21.6. The topological polar surface area (TPSA) is 88.0 Å². The van der Waals surface area contributed by atoms with E-state index >= 15 is 0 Å². The van der Waals surface area contributed by atoms with E-state index < -0.39 is 11.9 Å². The van der Waals surface area contributed by atoms with Crippen LogP contribution in [0.4, 0.5) is 30.6 Å². The fourth-order valence-electron chi connectivity index (χ4n) is 4.08. The Bertz CT molecular complexity index is 952. The van der Waals surface area contributed by atoms with Gasteiger partial charge in [0.05, 0.1) is 5.69 Å². The van der Waals surface area contributed by atoms with Crippen molar-refractivity contribution >= 4 is 23.4 Å². The van der Waals surface area contributed by atoms with Crippen LogP contribution in [0, 0.1) is 12.8 Å². The molecule has 1 saturated carbocycles. The largest absolute Gasteiger partial charge is 0.435 e. The minimum absolute atomic E-state index is 0.0611. The zero-order valence-electron chi connectivity index (χ0n) is 17.0. The summed E-state index contributed by atoms with van der Waals surface area (Å²) in [5.74, 6) is 1.36. The van der Waals surface area contributed by atoms with Gasteiger partial charge in [-0.3, -0.25) is 9.48 Å². The Labute approximate surface area is 171 Å². The molecule has 11 heteroatoms. The summed E-state index contributed by atoms with van der Waals surface area (Å²) in [6, 6.07) is 0.871. The van der Waals surface area contributed by atoms with Crippen LogP contribution < -0.4 is 15.5 Å². The predicted molar refractivity (Wildman–Crippen MR) is 105 cm³/mol. The molecule has 8 nitrogen and oxygen atoms in total. The lowest BCUT2D eigenvalue weighted by atomic mass is 9.80. The Morgan fingerprint density at radius 1 is 1.30 bits per heavy atom. The van der Waals surface area contributed by atoms with Crippen LogP contribution in [0.25, 0.3) is 0 Å². The number of halogens is 3. The number of likely N-dealkylation sites (N-methyl/N-ethyl adjacent to an activating group) is 1. The molecule has 30 heavy (non-hydrogen) atoms. The molecule has 1 aliphatic carbocycles. The summed E-state index contributed by atoms with van der Waals surface area (Å²) in [7, 11) is 1.85. The average molecular weight is 423 g/mol. The fourth-order valence-corrected chi connectivity index (χ4v) is 4.08. The summed E-state index contributed by atoms with van der Waals surface area (Å²) in [6.45, 7) is 4.22. The summed E-state index contributed by atoms with van der Waals surface area (Å²) in [6.07, 6.45) is -0.787. The lowest BCUT2D eigenvalue weighted by molar-refractivity contribution is -0.141. The van der Waals surface area contributed by atoms with Crippen LogP contribution in [0.15, 0.2) is 12.3 Å². The van der Waals surface area contributed by atoms with Gasteiger partial charge in [-0.05, 0) is 38.2 Å². The van der Waals surface area contributed by atoms with Gasteiger partial charge >= 0.3 is 6.18 Å².